The number of aryl methyl sites for hydroxylation is 1. The van der Waals surface area contributed by atoms with Crippen molar-refractivity contribution in [2.75, 3.05) is 0 Å². The molecule has 3 rings (SSSR count). The van der Waals surface area contributed by atoms with Gasteiger partial charge >= 0.3 is 0 Å². The predicted molar refractivity (Wildman–Crippen MR) is 63.2 cm³/mol. The smallest absolute Gasteiger partial charge is 0.136 e. The highest BCUT2D eigenvalue weighted by molar-refractivity contribution is 6.05. The molecule has 0 amide bonds. The molecule has 0 aliphatic carbocycles. The molecule has 0 fully saturated rings. The summed E-state index contributed by atoms with van der Waals surface area (Å²) >= 11 is 0. The maximum atomic E-state index is 8.82. The molecule has 1 aromatic heterocycles. The topological polar surface area (TPSA) is 36.9 Å². The normalized spacial score (nSPS) is 10.8. The molecule has 0 unspecified atom stereocenters. The van der Waals surface area contributed by atoms with Crippen molar-refractivity contribution in [1.29, 1.82) is 5.26 Å². The largest absolute Gasteiger partial charge is 0.456 e. The minimum Gasteiger partial charge on any atom is -0.456 e. The third-order valence-electron chi connectivity index (χ3n) is 2.76. The Morgan fingerprint density at radius 1 is 1.00 bits per heavy atom. The van der Waals surface area contributed by atoms with E-state index in [2.05, 4.69) is 18.2 Å². The summed E-state index contributed by atoms with van der Waals surface area (Å²) in [5.74, 6) is 0. The highest BCUT2D eigenvalue weighted by atomic mass is 16.3. The molecule has 3 aromatic rings. The van der Waals surface area contributed by atoms with Gasteiger partial charge in [-0.1, -0.05) is 12.1 Å². The average molecular weight is 207 g/mol. The fraction of sp³-hybridized carbons (Fsp3) is 0.0714. The van der Waals surface area contributed by atoms with E-state index in [0.717, 1.165) is 21.9 Å². The van der Waals surface area contributed by atoms with E-state index in [1.54, 1.807) is 6.07 Å². The van der Waals surface area contributed by atoms with E-state index in [1.807, 2.05) is 25.1 Å². The predicted octanol–water partition coefficient (Wildman–Crippen LogP) is 3.77. The standard InChI is InChI=1S/C14H9NO/c1-9-2-4-11-12-5-3-10(8-15)7-14(12)16-13(11)6-9/h2-7H,1H3. The van der Waals surface area contributed by atoms with Crippen molar-refractivity contribution >= 4 is 21.9 Å². The molecular formula is C14H9NO. The highest BCUT2D eigenvalue weighted by Crippen LogP contribution is 2.29. The van der Waals surface area contributed by atoms with Crippen LogP contribution in [0.3, 0.4) is 0 Å². The van der Waals surface area contributed by atoms with Gasteiger partial charge in [-0.25, -0.2) is 0 Å². The summed E-state index contributed by atoms with van der Waals surface area (Å²) in [6, 6.07) is 13.8. The first-order valence-corrected chi connectivity index (χ1v) is 5.11. The lowest BCUT2D eigenvalue weighted by molar-refractivity contribution is 0.668. The molecule has 2 heteroatoms. The molecule has 0 radical (unpaired) electrons. The number of benzene rings is 2. The second kappa shape index (κ2) is 3.11. The van der Waals surface area contributed by atoms with Crippen molar-refractivity contribution in [3.05, 3.63) is 47.5 Å². The van der Waals surface area contributed by atoms with Crippen LogP contribution < -0.4 is 0 Å². The fourth-order valence-corrected chi connectivity index (χ4v) is 1.95. The summed E-state index contributed by atoms with van der Waals surface area (Å²) in [5.41, 5.74) is 3.46. The molecule has 76 valence electrons. The van der Waals surface area contributed by atoms with E-state index < -0.39 is 0 Å². The van der Waals surface area contributed by atoms with E-state index >= 15 is 0 Å². The van der Waals surface area contributed by atoms with E-state index in [0.29, 0.717) is 5.56 Å². The Balaban J connectivity index is 2.46. The van der Waals surface area contributed by atoms with Gasteiger partial charge < -0.3 is 4.42 Å². The fourth-order valence-electron chi connectivity index (χ4n) is 1.95. The monoisotopic (exact) mass is 207 g/mol. The second-order valence-corrected chi connectivity index (χ2v) is 3.92. The molecule has 0 atom stereocenters. The number of hydrogen-bond donors (Lipinski definition) is 0. The van der Waals surface area contributed by atoms with Crippen LogP contribution in [-0.4, -0.2) is 0 Å². The summed E-state index contributed by atoms with van der Waals surface area (Å²) < 4.78 is 5.72. The number of furan rings is 1. The van der Waals surface area contributed by atoms with Crippen LogP contribution in [0.1, 0.15) is 11.1 Å². The number of rotatable bonds is 0. The highest BCUT2D eigenvalue weighted by Gasteiger charge is 2.06. The molecular weight excluding hydrogens is 198 g/mol. The number of hydrogen-bond acceptors (Lipinski definition) is 2. The zero-order valence-electron chi connectivity index (χ0n) is 8.82. The SMILES string of the molecule is Cc1ccc2c(c1)oc1cc(C#N)ccc12. The van der Waals surface area contributed by atoms with Crippen molar-refractivity contribution in [1.82, 2.24) is 0 Å². The Morgan fingerprint density at radius 3 is 2.44 bits per heavy atom. The van der Waals surface area contributed by atoms with Crippen LogP contribution in [0.4, 0.5) is 0 Å². The van der Waals surface area contributed by atoms with E-state index in [4.69, 9.17) is 9.68 Å². The van der Waals surface area contributed by atoms with Crippen LogP contribution in [0.5, 0.6) is 0 Å². The Labute approximate surface area is 92.7 Å². The quantitative estimate of drug-likeness (QED) is 0.562. The summed E-state index contributed by atoms with van der Waals surface area (Å²) in [4.78, 5) is 0. The third kappa shape index (κ3) is 1.19. The van der Waals surface area contributed by atoms with E-state index in [1.165, 1.54) is 5.56 Å². The Kier molecular flexibility index (Phi) is 1.75. The van der Waals surface area contributed by atoms with Gasteiger partial charge in [0.05, 0.1) is 11.6 Å². The van der Waals surface area contributed by atoms with Gasteiger partial charge in [-0.3, -0.25) is 0 Å². The summed E-state index contributed by atoms with van der Waals surface area (Å²) in [6.45, 7) is 2.04. The molecule has 16 heavy (non-hydrogen) atoms. The minimum absolute atomic E-state index is 0.628. The lowest BCUT2D eigenvalue weighted by Crippen LogP contribution is -1.72. The van der Waals surface area contributed by atoms with Gasteiger partial charge in [0, 0.05) is 10.8 Å². The van der Waals surface area contributed by atoms with E-state index in [-0.39, 0.29) is 0 Å². The van der Waals surface area contributed by atoms with Crippen molar-refractivity contribution in [3.63, 3.8) is 0 Å². The first kappa shape index (κ1) is 8.99. The van der Waals surface area contributed by atoms with Gasteiger partial charge in [-0.05, 0) is 36.8 Å². The van der Waals surface area contributed by atoms with Gasteiger partial charge in [-0.2, -0.15) is 5.26 Å². The number of nitrogens with zero attached hydrogens (tertiary/aromatic N) is 1. The lowest BCUT2D eigenvalue weighted by Gasteiger charge is -1.90. The van der Waals surface area contributed by atoms with Gasteiger partial charge in [-0.15, -0.1) is 0 Å². The summed E-state index contributed by atoms with van der Waals surface area (Å²) in [7, 11) is 0. The zero-order chi connectivity index (χ0) is 11.1. The van der Waals surface area contributed by atoms with Crippen LogP contribution in [-0.2, 0) is 0 Å². The molecule has 0 saturated heterocycles. The molecule has 2 nitrogen and oxygen atoms in total. The van der Waals surface area contributed by atoms with E-state index in [9.17, 15) is 0 Å². The van der Waals surface area contributed by atoms with Crippen LogP contribution in [0.15, 0.2) is 40.8 Å². The molecule has 2 aromatic carbocycles. The maximum Gasteiger partial charge on any atom is 0.136 e. The third-order valence-corrected chi connectivity index (χ3v) is 2.76. The Bertz CT molecular complexity index is 731. The van der Waals surface area contributed by atoms with Crippen molar-refractivity contribution in [2.24, 2.45) is 0 Å². The van der Waals surface area contributed by atoms with Gasteiger partial charge in [0.25, 0.3) is 0 Å². The van der Waals surface area contributed by atoms with Crippen LogP contribution >= 0.6 is 0 Å². The molecule has 0 saturated carbocycles. The summed E-state index contributed by atoms with van der Waals surface area (Å²) in [5, 5.41) is 11.0. The van der Waals surface area contributed by atoms with Crippen LogP contribution in [0.2, 0.25) is 0 Å². The molecule has 0 aliphatic heterocycles. The molecule has 1 heterocycles. The van der Waals surface area contributed by atoms with Crippen LogP contribution in [0, 0.1) is 18.3 Å². The first-order chi connectivity index (χ1) is 7.78. The Morgan fingerprint density at radius 2 is 1.69 bits per heavy atom. The number of fused-ring (bicyclic) bond motifs is 3. The number of nitriles is 1. The van der Waals surface area contributed by atoms with Gasteiger partial charge in [0.1, 0.15) is 11.2 Å². The summed E-state index contributed by atoms with van der Waals surface area (Å²) in [6.07, 6.45) is 0. The van der Waals surface area contributed by atoms with Crippen LogP contribution in [0.25, 0.3) is 21.9 Å². The second-order valence-electron chi connectivity index (χ2n) is 3.92. The zero-order valence-corrected chi connectivity index (χ0v) is 8.82. The van der Waals surface area contributed by atoms with Crippen molar-refractivity contribution < 1.29 is 4.42 Å². The molecule has 0 aliphatic rings. The van der Waals surface area contributed by atoms with Crippen molar-refractivity contribution in [2.45, 2.75) is 6.92 Å². The molecule has 0 bridgehead atoms. The minimum atomic E-state index is 0.628. The lowest BCUT2D eigenvalue weighted by atomic mass is 10.1. The first-order valence-electron chi connectivity index (χ1n) is 5.11. The molecule has 0 N–H and O–H groups in total. The average Bonchev–Trinajstić information content (AvgIpc) is 2.64. The maximum absolute atomic E-state index is 8.82. The Hall–Kier alpha value is -2.27. The van der Waals surface area contributed by atoms with Crippen molar-refractivity contribution in [3.8, 4) is 6.07 Å². The van der Waals surface area contributed by atoms with Gasteiger partial charge in [0.15, 0.2) is 0 Å². The molecule has 0 spiro atoms. The van der Waals surface area contributed by atoms with Gasteiger partial charge in [0.2, 0.25) is 0 Å².